The highest BCUT2D eigenvalue weighted by Gasteiger charge is 2.18. The SMILES string of the molecule is CCC(C)(C)NC(=O)c1ccc(Oc2ccccc2)cc1. The van der Waals surface area contributed by atoms with Crippen LogP contribution in [-0.4, -0.2) is 11.4 Å². The van der Waals surface area contributed by atoms with Crippen molar-refractivity contribution in [3.05, 3.63) is 60.2 Å². The Morgan fingerprint density at radius 3 is 2.14 bits per heavy atom. The van der Waals surface area contributed by atoms with E-state index in [-0.39, 0.29) is 11.4 Å². The Bertz CT molecular complexity index is 588. The highest BCUT2D eigenvalue weighted by Crippen LogP contribution is 2.21. The first-order chi connectivity index (χ1) is 10.00. The van der Waals surface area contributed by atoms with Gasteiger partial charge in [0.25, 0.3) is 5.91 Å². The monoisotopic (exact) mass is 283 g/mol. The lowest BCUT2D eigenvalue weighted by Gasteiger charge is -2.24. The van der Waals surface area contributed by atoms with E-state index in [0.29, 0.717) is 11.3 Å². The molecule has 0 aromatic heterocycles. The Kier molecular flexibility index (Phi) is 4.63. The van der Waals surface area contributed by atoms with Gasteiger partial charge in [-0.1, -0.05) is 25.1 Å². The second-order valence-electron chi connectivity index (χ2n) is 5.63. The highest BCUT2D eigenvalue weighted by molar-refractivity contribution is 5.94. The normalized spacial score (nSPS) is 11.0. The summed E-state index contributed by atoms with van der Waals surface area (Å²) in [5.74, 6) is 1.43. The van der Waals surface area contributed by atoms with Crippen LogP contribution in [0.5, 0.6) is 11.5 Å². The van der Waals surface area contributed by atoms with E-state index in [2.05, 4.69) is 12.2 Å². The summed E-state index contributed by atoms with van der Waals surface area (Å²) < 4.78 is 5.70. The maximum absolute atomic E-state index is 12.1. The molecule has 110 valence electrons. The number of nitrogens with one attached hydrogen (secondary N) is 1. The van der Waals surface area contributed by atoms with E-state index in [0.717, 1.165) is 12.2 Å². The van der Waals surface area contributed by atoms with E-state index in [9.17, 15) is 4.79 Å². The van der Waals surface area contributed by atoms with Gasteiger partial charge in [0.2, 0.25) is 0 Å². The number of carbonyl (C=O) groups excluding carboxylic acids is 1. The molecule has 0 aliphatic rings. The van der Waals surface area contributed by atoms with Gasteiger partial charge in [-0.05, 0) is 56.7 Å². The van der Waals surface area contributed by atoms with Crippen molar-refractivity contribution < 1.29 is 9.53 Å². The average Bonchev–Trinajstić information content (AvgIpc) is 2.48. The number of rotatable bonds is 5. The topological polar surface area (TPSA) is 38.3 Å². The summed E-state index contributed by atoms with van der Waals surface area (Å²) in [6, 6.07) is 16.7. The molecule has 3 nitrogen and oxygen atoms in total. The molecule has 2 rings (SSSR count). The van der Waals surface area contributed by atoms with E-state index in [1.165, 1.54) is 0 Å². The highest BCUT2D eigenvalue weighted by atomic mass is 16.5. The smallest absolute Gasteiger partial charge is 0.251 e. The van der Waals surface area contributed by atoms with Crippen molar-refractivity contribution in [2.75, 3.05) is 0 Å². The number of amides is 1. The van der Waals surface area contributed by atoms with E-state index >= 15 is 0 Å². The molecular weight excluding hydrogens is 262 g/mol. The lowest BCUT2D eigenvalue weighted by Crippen LogP contribution is -2.42. The predicted octanol–water partition coefficient (Wildman–Crippen LogP) is 4.40. The molecule has 1 amide bonds. The minimum atomic E-state index is -0.198. The molecule has 0 saturated heterocycles. The summed E-state index contributed by atoms with van der Waals surface area (Å²) in [7, 11) is 0. The van der Waals surface area contributed by atoms with Crippen LogP contribution in [0.4, 0.5) is 0 Å². The van der Waals surface area contributed by atoms with Crippen molar-refractivity contribution in [3.8, 4) is 11.5 Å². The molecule has 2 aromatic carbocycles. The second-order valence-corrected chi connectivity index (χ2v) is 5.63. The summed E-state index contributed by atoms with van der Waals surface area (Å²) in [5, 5.41) is 3.01. The number of carbonyl (C=O) groups is 1. The van der Waals surface area contributed by atoms with Gasteiger partial charge in [0.1, 0.15) is 11.5 Å². The Balaban J connectivity index is 2.03. The van der Waals surface area contributed by atoms with E-state index in [1.54, 1.807) is 24.3 Å². The van der Waals surface area contributed by atoms with Crippen LogP contribution >= 0.6 is 0 Å². The summed E-state index contributed by atoms with van der Waals surface area (Å²) in [4.78, 5) is 12.1. The molecule has 0 bridgehead atoms. The molecule has 2 aromatic rings. The van der Waals surface area contributed by atoms with Crippen LogP contribution in [0.1, 0.15) is 37.6 Å². The van der Waals surface area contributed by atoms with Crippen LogP contribution in [0.25, 0.3) is 0 Å². The van der Waals surface area contributed by atoms with Crippen LogP contribution in [0.3, 0.4) is 0 Å². The van der Waals surface area contributed by atoms with Gasteiger partial charge in [-0.2, -0.15) is 0 Å². The number of benzene rings is 2. The summed E-state index contributed by atoms with van der Waals surface area (Å²) in [6.45, 7) is 6.08. The van der Waals surface area contributed by atoms with Crippen molar-refractivity contribution >= 4 is 5.91 Å². The zero-order chi connectivity index (χ0) is 15.3. The van der Waals surface area contributed by atoms with E-state index in [4.69, 9.17) is 4.74 Å². The van der Waals surface area contributed by atoms with Crippen molar-refractivity contribution in [2.24, 2.45) is 0 Å². The molecule has 0 heterocycles. The molecule has 1 N–H and O–H groups in total. The van der Waals surface area contributed by atoms with Crippen molar-refractivity contribution in [3.63, 3.8) is 0 Å². The van der Waals surface area contributed by atoms with Gasteiger partial charge >= 0.3 is 0 Å². The molecular formula is C18H21NO2. The lowest BCUT2D eigenvalue weighted by molar-refractivity contribution is 0.0911. The van der Waals surface area contributed by atoms with Gasteiger partial charge in [-0.3, -0.25) is 4.79 Å². The maximum Gasteiger partial charge on any atom is 0.251 e. The van der Waals surface area contributed by atoms with Crippen LogP contribution < -0.4 is 10.1 Å². The summed E-state index contributed by atoms with van der Waals surface area (Å²) in [5.41, 5.74) is 0.438. The fraction of sp³-hybridized carbons (Fsp3) is 0.278. The summed E-state index contributed by atoms with van der Waals surface area (Å²) >= 11 is 0. The molecule has 0 aliphatic heterocycles. The van der Waals surface area contributed by atoms with Gasteiger partial charge < -0.3 is 10.1 Å². The molecule has 0 saturated carbocycles. The van der Waals surface area contributed by atoms with Crippen molar-refractivity contribution in [2.45, 2.75) is 32.7 Å². The molecule has 3 heteroatoms. The third kappa shape index (κ3) is 4.35. The fourth-order valence-corrected chi connectivity index (χ4v) is 1.77. The number of ether oxygens (including phenoxy) is 1. The van der Waals surface area contributed by atoms with Crippen LogP contribution in [0.2, 0.25) is 0 Å². The fourth-order valence-electron chi connectivity index (χ4n) is 1.77. The van der Waals surface area contributed by atoms with Crippen LogP contribution in [0, 0.1) is 0 Å². The quantitative estimate of drug-likeness (QED) is 0.883. The molecule has 21 heavy (non-hydrogen) atoms. The number of hydrogen-bond acceptors (Lipinski definition) is 2. The zero-order valence-electron chi connectivity index (χ0n) is 12.7. The molecule has 0 atom stereocenters. The summed E-state index contributed by atoms with van der Waals surface area (Å²) in [6.07, 6.45) is 0.883. The Labute approximate surface area is 126 Å². The van der Waals surface area contributed by atoms with Gasteiger partial charge in [-0.25, -0.2) is 0 Å². The van der Waals surface area contributed by atoms with E-state index < -0.39 is 0 Å². The molecule has 0 fully saturated rings. The van der Waals surface area contributed by atoms with E-state index in [1.807, 2.05) is 44.2 Å². The van der Waals surface area contributed by atoms with Crippen LogP contribution in [0.15, 0.2) is 54.6 Å². The number of para-hydroxylation sites is 1. The van der Waals surface area contributed by atoms with Gasteiger partial charge in [-0.15, -0.1) is 0 Å². The molecule has 0 radical (unpaired) electrons. The predicted molar refractivity (Wildman–Crippen MR) is 84.8 cm³/mol. The third-order valence-corrected chi connectivity index (χ3v) is 3.43. The maximum atomic E-state index is 12.1. The molecule has 0 spiro atoms. The van der Waals surface area contributed by atoms with Gasteiger partial charge in [0, 0.05) is 11.1 Å². The first kappa shape index (κ1) is 15.1. The Morgan fingerprint density at radius 2 is 1.57 bits per heavy atom. The Hall–Kier alpha value is -2.29. The lowest BCUT2D eigenvalue weighted by atomic mass is 10.0. The first-order valence-electron chi connectivity index (χ1n) is 7.16. The van der Waals surface area contributed by atoms with Gasteiger partial charge in [0.15, 0.2) is 0 Å². The van der Waals surface area contributed by atoms with Crippen LogP contribution in [-0.2, 0) is 0 Å². The van der Waals surface area contributed by atoms with Crippen molar-refractivity contribution in [1.82, 2.24) is 5.32 Å². The number of hydrogen-bond donors (Lipinski definition) is 1. The first-order valence-corrected chi connectivity index (χ1v) is 7.16. The minimum absolute atomic E-state index is 0.0619. The largest absolute Gasteiger partial charge is 0.457 e. The third-order valence-electron chi connectivity index (χ3n) is 3.43. The molecule has 0 aliphatic carbocycles. The standard InChI is InChI=1S/C18H21NO2/c1-4-18(2,3)19-17(20)14-10-12-16(13-11-14)21-15-8-6-5-7-9-15/h5-13H,4H2,1-3H3,(H,19,20). The Morgan fingerprint density at radius 1 is 1.00 bits per heavy atom. The molecule has 0 unspecified atom stereocenters. The minimum Gasteiger partial charge on any atom is -0.457 e. The van der Waals surface area contributed by atoms with Gasteiger partial charge in [0.05, 0.1) is 0 Å². The zero-order valence-corrected chi connectivity index (χ0v) is 12.7. The van der Waals surface area contributed by atoms with Crippen molar-refractivity contribution in [1.29, 1.82) is 0 Å². The second kappa shape index (κ2) is 6.44. The average molecular weight is 283 g/mol.